The van der Waals surface area contributed by atoms with Crippen LogP contribution in [0.15, 0.2) is 40.6 Å². The molecule has 0 bridgehead atoms. The lowest BCUT2D eigenvalue weighted by molar-refractivity contribution is 0.569. The number of nitrogens with two attached hydrogens (primary N) is 2. The first kappa shape index (κ1) is 15.8. The molecule has 0 fully saturated rings. The molecule has 0 aliphatic carbocycles. The van der Waals surface area contributed by atoms with Gasteiger partial charge < -0.3 is 11.1 Å². The molecule has 1 aromatic carbocycles. The number of nitrogen functional groups attached to an aromatic ring is 1. The summed E-state index contributed by atoms with van der Waals surface area (Å²) in [4.78, 5) is 1.29. The molecule has 2 rings (SSSR count). The number of nitrogens with one attached hydrogen (secondary N) is 1. The van der Waals surface area contributed by atoms with Gasteiger partial charge in [-0.15, -0.1) is 11.3 Å². The van der Waals surface area contributed by atoms with E-state index in [2.05, 4.69) is 25.2 Å². The van der Waals surface area contributed by atoms with Gasteiger partial charge in [0.05, 0.1) is 16.3 Å². The number of thiophene rings is 1. The molecule has 1 aromatic heterocycles. The lowest BCUT2D eigenvalue weighted by Crippen LogP contribution is -2.26. The van der Waals surface area contributed by atoms with E-state index in [0.717, 1.165) is 0 Å². The van der Waals surface area contributed by atoms with Gasteiger partial charge in [-0.05, 0) is 29.6 Å². The molecule has 0 atom stereocenters. The predicted molar refractivity (Wildman–Crippen MR) is 88.1 cm³/mol. The highest BCUT2D eigenvalue weighted by atomic mass is 32.2. The molecule has 0 unspecified atom stereocenters. The van der Waals surface area contributed by atoms with Crippen molar-refractivity contribution in [2.75, 3.05) is 17.6 Å². The highest BCUT2D eigenvalue weighted by molar-refractivity contribution is 7.89. The predicted octanol–water partition coefficient (Wildman–Crippen LogP) is 2.37. The fourth-order valence-corrected chi connectivity index (χ4v) is 3.35. The first-order chi connectivity index (χ1) is 9.70. The second-order valence-corrected chi connectivity index (χ2v) is 8.02. The van der Waals surface area contributed by atoms with Crippen LogP contribution in [0.1, 0.15) is 18.7 Å². The van der Waals surface area contributed by atoms with Crippen molar-refractivity contribution < 1.29 is 8.42 Å². The number of sulfonamides is 1. The average molecular weight is 325 g/mol. The minimum Gasteiger partial charge on any atom is -0.397 e. The Labute approximate surface area is 129 Å². The Bertz CT molecular complexity index is 723. The highest BCUT2D eigenvalue weighted by Gasteiger charge is 2.21. The molecule has 0 aliphatic heterocycles. The smallest absolute Gasteiger partial charge is 0.238 e. The summed E-state index contributed by atoms with van der Waals surface area (Å²) < 4.78 is 22.5. The summed E-state index contributed by atoms with van der Waals surface area (Å²) >= 11 is 1.71. The Morgan fingerprint density at radius 3 is 2.52 bits per heavy atom. The number of rotatable bonds is 5. The molecular weight excluding hydrogens is 306 g/mol. The van der Waals surface area contributed by atoms with Crippen molar-refractivity contribution in [1.29, 1.82) is 0 Å². The summed E-state index contributed by atoms with van der Waals surface area (Å²) in [7, 11) is -3.73. The molecule has 2 aromatic rings. The lowest BCUT2D eigenvalue weighted by atomic mass is 9.91. The molecule has 1 heterocycles. The second kappa shape index (κ2) is 5.67. The number of anilines is 2. The van der Waals surface area contributed by atoms with Crippen molar-refractivity contribution in [2.45, 2.75) is 24.2 Å². The third kappa shape index (κ3) is 3.75. The summed E-state index contributed by atoms with van der Waals surface area (Å²) in [5.41, 5.74) is 6.91. The highest BCUT2D eigenvalue weighted by Crippen LogP contribution is 2.29. The molecular formula is C14H19N3O2S2. The van der Waals surface area contributed by atoms with E-state index in [1.54, 1.807) is 17.4 Å². The average Bonchev–Trinajstić information content (AvgIpc) is 2.90. The van der Waals surface area contributed by atoms with Crippen LogP contribution >= 0.6 is 11.3 Å². The van der Waals surface area contributed by atoms with Crippen molar-refractivity contribution in [3.63, 3.8) is 0 Å². The maximum absolute atomic E-state index is 11.3. The Morgan fingerprint density at radius 1 is 1.29 bits per heavy atom. The second-order valence-electron chi connectivity index (χ2n) is 5.51. The van der Waals surface area contributed by atoms with Crippen molar-refractivity contribution in [1.82, 2.24) is 0 Å². The van der Waals surface area contributed by atoms with Crippen LogP contribution < -0.4 is 16.2 Å². The first-order valence-electron chi connectivity index (χ1n) is 6.40. The monoisotopic (exact) mass is 325 g/mol. The van der Waals surface area contributed by atoms with Crippen LogP contribution in [0.5, 0.6) is 0 Å². The maximum atomic E-state index is 11.3. The zero-order valence-electron chi connectivity index (χ0n) is 12.0. The third-order valence-electron chi connectivity index (χ3n) is 3.26. The Hall–Kier alpha value is -1.57. The Morgan fingerprint density at radius 2 is 2.00 bits per heavy atom. The minimum atomic E-state index is -3.73. The van der Waals surface area contributed by atoms with E-state index in [4.69, 9.17) is 10.9 Å². The Balaban J connectivity index is 2.14. The van der Waals surface area contributed by atoms with Crippen molar-refractivity contribution in [3.05, 3.63) is 40.6 Å². The molecule has 0 spiro atoms. The molecule has 7 heteroatoms. The van der Waals surface area contributed by atoms with Gasteiger partial charge in [-0.25, -0.2) is 13.6 Å². The minimum absolute atomic E-state index is 0.0167. The van der Waals surface area contributed by atoms with Gasteiger partial charge in [0.1, 0.15) is 0 Å². The van der Waals surface area contributed by atoms with E-state index < -0.39 is 10.0 Å². The zero-order valence-corrected chi connectivity index (χ0v) is 13.6. The lowest BCUT2D eigenvalue weighted by Gasteiger charge is -2.25. The van der Waals surface area contributed by atoms with E-state index in [0.29, 0.717) is 17.9 Å². The van der Waals surface area contributed by atoms with Crippen molar-refractivity contribution in [2.24, 2.45) is 5.14 Å². The molecule has 0 amide bonds. The van der Waals surface area contributed by atoms with Crippen LogP contribution in [-0.4, -0.2) is 15.0 Å². The molecule has 5 nitrogen and oxygen atoms in total. The molecule has 21 heavy (non-hydrogen) atoms. The van der Waals surface area contributed by atoms with Crippen LogP contribution in [0.4, 0.5) is 11.4 Å². The standard InChI is InChI=1S/C14H19N3O2S2/c1-14(2,13-4-3-7-20-13)9-17-12-6-5-10(8-11(12)15)21(16,18)19/h3-8,17H,9,15H2,1-2H3,(H2,16,18,19). The quantitative estimate of drug-likeness (QED) is 0.735. The SMILES string of the molecule is CC(C)(CNc1ccc(S(N)(=O)=O)cc1N)c1cccs1. The number of primary sulfonamides is 1. The molecule has 0 saturated heterocycles. The first-order valence-corrected chi connectivity index (χ1v) is 8.83. The third-order valence-corrected chi connectivity index (χ3v) is 5.41. The van der Waals surface area contributed by atoms with Gasteiger partial charge in [0, 0.05) is 16.8 Å². The fraction of sp³-hybridized carbons (Fsp3) is 0.286. The molecule has 0 radical (unpaired) electrons. The van der Waals surface area contributed by atoms with E-state index in [-0.39, 0.29) is 10.3 Å². The number of hydrogen-bond donors (Lipinski definition) is 3. The largest absolute Gasteiger partial charge is 0.397 e. The summed E-state index contributed by atoms with van der Waals surface area (Å²) in [6, 6.07) is 8.58. The molecule has 5 N–H and O–H groups in total. The summed E-state index contributed by atoms with van der Waals surface area (Å²) in [6.07, 6.45) is 0. The van der Waals surface area contributed by atoms with E-state index >= 15 is 0 Å². The van der Waals surface area contributed by atoms with Crippen LogP contribution in [0, 0.1) is 0 Å². The van der Waals surface area contributed by atoms with Gasteiger partial charge in [-0.1, -0.05) is 19.9 Å². The molecule has 0 aliphatic rings. The summed E-state index contributed by atoms with van der Waals surface area (Å²) in [5, 5.41) is 10.4. The van der Waals surface area contributed by atoms with Gasteiger partial charge in [0.25, 0.3) is 0 Å². The van der Waals surface area contributed by atoms with E-state index in [1.165, 1.54) is 17.0 Å². The summed E-state index contributed by atoms with van der Waals surface area (Å²) in [5.74, 6) is 0. The normalized spacial score (nSPS) is 12.3. The van der Waals surface area contributed by atoms with Crippen LogP contribution in [0.25, 0.3) is 0 Å². The van der Waals surface area contributed by atoms with E-state index in [1.807, 2.05) is 11.4 Å². The maximum Gasteiger partial charge on any atom is 0.238 e. The van der Waals surface area contributed by atoms with Gasteiger partial charge in [-0.2, -0.15) is 0 Å². The fourth-order valence-electron chi connectivity index (χ4n) is 1.95. The van der Waals surface area contributed by atoms with Gasteiger partial charge in [0.15, 0.2) is 0 Å². The van der Waals surface area contributed by atoms with E-state index in [9.17, 15) is 8.42 Å². The molecule has 0 saturated carbocycles. The van der Waals surface area contributed by atoms with Gasteiger partial charge in [-0.3, -0.25) is 0 Å². The van der Waals surface area contributed by atoms with Gasteiger partial charge >= 0.3 is 0 Å². The van der Waals surface area contributed by atoms with Crippen LogP contribution in [0.3, 0.4) is 0 Å². The Kier molecular flexibility index (Phi) is 4.27. The summed E-state index contributed by atoms with van der Waals surface area (Å²) in [6.45, 7) is 4.97. The topological polar surface area (TPSA) is 98.2 Å². The van der Waals surface area contributed by atoms with Crippen LogP contribution in [0.2, 0.25) is 0 Å². The molecule has 114 valence electrons. The van der Waals surface area contributed by atoms with Crippen LogP contribution in [-0.2, 0) is 15.4 Å². The van der Waals surface area contributed by atoms with Gasteiger partial charge in [0.2, 0.25) is 10.0 Å². The van der Waals surface area contributed by atoms with Crippen molar-refractivity contribution in [3.8, 4) is 0 Å². The van der Waals surface area contributed by atoms with Crippen molar-refractivity contribution >= 4 is 32.7 Å². The number of hydrogen-bond acceptors (Lipinski definition) is 5. The zero-order chi connectivity index (χ0) is 15.7. The number of benzene rings is 1.